The number of anilines is 1. The second-order valence-electron chi connectivity index (χ2n) is 3.36. The van der Waals surface area contributed by atoms with Gasteiger partial charge in [0.1, 0.15) is 5.75 Å². The zero-order valence-corrected chi connectivity index (χ0v) is 8.33. The first-order valence-electron chi connectivity index (χ1n) is 4.63. The summed E-state index contributed by atoms with van der Waals surface area (Å²) in [5.41, 5.74) is 1.89. The Morgan fingerprint density at radius 3 is 2.43 bits per heavy atom. The van der Waals surface area contributed by atoms with Crippen molar-refractivity contribution >= 4 is 16.5 Å². The van der Waals surface area contributed by atoms with Gasteiger partial charge in [-0.25, -0.2) is 0 Å². The number of phenols is 1. The van der Waals surface area contributed by atoms with E-state index in [1.807, 2.05) is 38.2 Å². The maximum atomic E-state index is 9.69. The molecule has 0 aliphatic carbocycles. The number of nitrogens with one attached hydrogen (secondary N) is 1. The molecule has 0 saturated carbocycles. The van der Waals surface area contributed by atoms with Crippen molar-refractivity contribution in [1.29, 1.82) is 0 Å². The van der Waals surface area contributed by atoms with Crippen molar-refractivity contribution in [3.05, 3.63) is 35.9 Å². The Bertz CT molecular complexity index is 477. The van der Waals surface area contributed by atoms with Gasteiger partial charge in [-0.1, -0.05) is 24.3 Å². The number of fused-ring (bicyclic) bond motifs is 1. The fraction of sp³-hybridized carbons (Fsp3) is 0.167. The number of benzene rings is 2. The summed E-state index contributed by atoms with van der Waals surface area (Å²) in [7, 11) is 1.86. The number of rotatable bonds is 1. The molecule has 0 aliphatic heterocycles. The van der Waals surface area contributed by atoms with E-state index in [2.05, 4.69) is 5.32 Å². The van der Waals surface area contributed by atoms with Crippen LogP contribution in [0.25, 0.3) is 10.8 Å². The van der Waals surface area contributed by atoms with E-state index in [9.17, 15) is 5.11 Å². The van der Waals surface area contributed by atoms with Crippen molar-refractivity contribution in [1.82, 2.24) is 0 Å². The molecule has 0 spiro atoms. The first-order valence-corrected chi connectivity index (χ1v) is 4.63. The third kappa shape index (κ3) is 1.20. The predicted octanol–water partition coefficient (Wildman–Crippen LogP) is 2.90. The molecular weight excluding hydrogens is 174 g/mol. The second kappa shape index (κ2) is 3.22. The quantitative estimate of drug-likeness (QED) is 0.719. The summed E-state index contributed by atoms with van der Waals surface area (Å²) in [6.45, 7) is 1.93. The van der Waals surface area contributed by atoms with E-state index in [-0.39, 0.29) is 0 Å². The highest BCUT2D eigenvalue weighted by molar-refractivity contribution is 5.97. The number of aryl methyl sites for hydroxylation is 1. The van der Waals surface area contributed by atoms with Crippen LogP contribution in [0.5, 0.6) is 5.75 Å². The average Bonchev–Trinajstić information content (AvgIpc) is 2.23. The van der Waals surface area contributed by atoms with Gasteiger partial charge in [-0.3, -0.25) is 0 Å². The maximum Gasteiger partial charge on any atom is 0.121 e. The first kappa shape index (κ1) is 8.88. The van der Waals surface area contributed by atoms with Crippen LogP contribution in [0, 0.1) is 6.92 Å². The van der Waals surface area contributed by atoms with Crippen LogP contribution in [0.3, 0.4) is 0 Å². The molecule has 0 saturated heterocycles. The molecular formula is C12H13NO. The molecule has 0 heterocycles. The third-order valence-electron chi connectivity index (χ3n) is 2.56. The molecule has 0 bridgehead atoms. The van der Waals surface area contributed by atoms with Crippen molar-refractivity contribution < 1.29 is 5.11 Å². The highest BCUT2D eigenvalue weighted by Gasteiger charge is 2.05. The monoisotopic (exact) mass is 187 g/mol. The number of aromatic hydroxyl groups is 1. The Kier molecular flexibility index (Phi) is 2.04. The number of hydrogen-bond acceptors (Lipinski definition) is 2. The summed E-state index contributed by atoms with van der Waals surface area (Å²) in [6, 6.07) is 9.81. The van der Waals surface area contributed by atoms with Crippen molar-refractivity contribution in [2.45, 2.75) is 6.92 Å². The molecule has 0 aromatic heterocycles. The van der Waals surface area contributed by atoms with Crippen molar-refractivity contribution in [3.8, 4) is 5.75 Å². The number of phenolic OH excluding ortho intramolecular Hbond substituents is 1. The van der Waals surface area contributed by atoms with Gasteiger partial charge in [0.25, 0.3) is 0 Å². The van der Waals surface area contributed by atoms with E-state index in [0.29, 0.717) is 5.75 Å². The van der Waals surface area contributed by atoms with Crippen molar-refractivity contribution in [2.24, 2.45) is 0 Å². The summed E-state index contributed by atoms with van der Waals surface area (Å²) >= 11 is 0. The molecule has 0 radical (unpaired) electrons. The van der Waals surface area contributed by atoms with E-state index >= 15 is 0 Å². The van der Waals surface area contributed by atoms with E-state index in [1.165, 1.54) is 0 Å². The van der Waals surface area contributed by atoms with E-state index in [4.69, 9.17) is 0 Å². The molecule has 0 aliphatic rings. The van der Waals surface area contributed by atoms with Gasteiger partial charge in [0, 0.05) is 24.2 Å². The summed E-state index contributed by atoms with van der Waals surface area (Å²) in [5.74, 6) is 0.341. The largest absolute Gasteiger partial charge is 0.508 e. The lowest BCUT2D eigenvalue weighted by molar-refractivity contribution is 0.472. The third-order valence-corrected chi connectivity index (χ3v) is 2.56. The normalized spacial score (nSPS) is 10.4. The van der Waals surface area contributed by atoms with Crippen molar-refractivity contribution in [2.75, 3.05) is 12.4 Å². The van der Waals surface area contributed by atoms with Crippen LogP contribution in [0.2, 0.25) is 0 Å². The van der Waals surface area contributed by atoms with Gasteiger partial charge in [0.05, 0.1) is 0 Å². The molecule has 0 unspecified atom stereocenters. The van der Waals surface area contributed by atoms with Gasteiger partial charge >= 0.3 is 0 Å². The highest BCUT2D eigenvalue weighted by Crippen LogP contribution is 2.32. The fourth-order valence-electron chi connectivity index (χ4n) is 1.71. The minimum Gasteiger partial charge on any atom is -0.508 e. The van der Waals surface area contributed by atoms with E-state index in [0.717, 1.165) is 22.0 Å². The van der Waals surface area contributed by atoms with Crippen LogP contribution in [0.1, 0.15) is 5.56 Å². The molecule has 72 valence electrons. The van der Waals surface area contributed by atoms with Gasteiger partial charge < -0.3 is 10.4 Å². The molecule has 0 amide bonds. The summed E-state index contributed by atoms with van der Waals surface area (Å²) in [6.07, 6.45) is 0. The summed E-state index contributed by atoms with van der Waals surface area (Å²) < 4.78 is 0. The fourth-order valence-corrected chi connectivity index (χ4v) is 1.71. The van der Waals surface area contributed by atoms with Crippen LogP contribution in [-0.4, -0.2) is 12.2 Å². The van der Waals surface area contributed by atoms with Crippen LogP contribution >= 0.6 is 0 Å². The van der Waals surface area contributed by atoms with Crippen LogP contribution in [0.15, 0.2) is 30.3 Å². The lowest BCUT2D eigenvalue weighted by Gasteiger charge is -2.10. The second-order valence-corrected chi connectivity index (χ2v) is 3.36. The Hall–Kier alpha value is -1.70. The Balaban J connectivity index is 2.89. The van der Waals surface area contributed by atoms with Gasteiger partial charge in [0.2, 0.25) is 0 Å². The standard InChI is InChI=1S/C12H13NO/c1-8-9-5-3-4-6-10(9)11(13-2)7-12(8)14/h3-7,13-14H,1-2H3. The SMILES string of the molecule is CNc1cc(O)c(C)c2ccccc12. The van der Waals surface area contributed by atoms with Crippen LogP contribution in [0.4, 0.5) is 5.69 Å². The molecule has 2 aromatic carbocycles. The average molecular weight is 187 g/mol. The van der Waals surface area contributed by atoms with Gasteiger partial charge in [0.15, 0.2) is 0 Å². The molecule has 2 N–H and O–H groups in total. The van der Waals surface area contributed by atoms with E-state index in [1.54, 1.807) is 6.07 Å². The van der Waals surface area contributed by atoms with E-state index < -0.39 is 0 Å². The Labute approximate surface area is 83.2 Å². The lowest BCUT2D eigenvalue weighted by atomic mass is 10.0. The zero-order chi connectivity index (χ0) is 10.1. The van der Waals surface area contributed by atoms with Crippen molar-refractivity contribution in [3.63, 3.8) is 0 Å². The molecule has 2 aromatic rings. The molecule has 2 nitrogen and oxygen atoms in total. The smallest absolute Gasteiger partial charge is 0.121 e. The Morgan fingerprint density at radius 1 is 1.14 bits per heavy atom. The molecule has 0 atom stereocenters. The molecule has 2 rings (SSSR count). The molecule has 14 heavy (non-hydrogen) atoms. The lowest BCUT2D eigenvalue weighted by Crippen LogP contribution is -1.91. The van der Waals surface area contributed by atoms with Gasteiger partial charge in [-0.05, 0) is 17.9 Å². The topological polar surface area (TPSA) is 32.3 Å². The highest BCUT2D eigenvalue weighted by atomic mass is 16.3. The Morgan fingerprint density at radius 2 is 1.79 bits per heavy atom. The van der Waals surface area contributed by atoms with Crippen LogP contribution < -0.4 is 5.32 Å². The first-order chi connectivity index (χ1) is 6.74. The summed E-state index contributed by atoms with van der Waals surface area (Å²) in [4.78, 5) is 0. The maximum absolute atomic E-state index is 9.69. The minimum absolute atomic E-state index is 0.341. The van der Waals surface area contributed by atoms with Gasteiger partial charge in [-0.2, -0.15) is 0 Å². The summed E-state index contributed by atoms with van der Waals surface area (Å²) in [5, 5.41) is 15.0. The predicted molar refractivity (Wildman–Crippen MR) is 59.9 cm³/mol. The minimum atomic E-state index is 0.341. The molecule has 2 heteroatoms. The molecule has 0 fully saturated rings. The number of hydrogen-bond donors (Lipinski definition) is 2. The zero-order valence-electron chi connectivity index (χ0n) is 8.33. The van der Waals surface area contributed by atoms with Gasteiger partial charge in [-0.15, -0.1) is 0 Å². The van der Waals surface area contributed by atoms with Crippen LogP contribution in [-0.2, 0) is 0 Å².